The summed E-state index contributed by atoms with van der Waals surface area (Å²) in [6.07, 6.45) is 3.54. The number of thiophene rings is 1. The van der Waals surface area contributed by atoms with E-state index >= 15 is 0 Å². The van der Waals surface area contributed by atoms with Gasteiger partial charge in [-0.15, -0.1) is 16.4 Å². The molecule has 1 amide bonds. The molecule has 1 aliphatic heterocycles. The molecule has 5 rings (SSSR count). The molecule has 156 valence electrons. The van der Waals surface area contributed by atoms with Gasteiger partial charge in [-0.1, -0.05) is 6.07 Å². The van der Waals surface area contributed by atoms with Gasteiger partial charge in [-0.3, -0.25) is 9.78 Å². The van der Waals surface area contributed by atoms with E-state index in [-0.39, 0.29) is 17.5 Å². The maximum atomic E-state index is 13.4. The number of amides is 1. The zero-order valence-electron chi connectivity index (χ0n) is 16.6. The molecular weight excluding hydrogens is 415 g/mol. The highest BCUT2D eigenvalue weighted by molar-refractivity contribution is 7.13. The minimum absolute atomic E-state index is 0.144. The Balaban J connectivity index is 1.39. The molecule has 9 heteroatoms. The zero-order valence-corrected chi connectivity index (χ0v) is 17.4. The molecular formula is C22H19FN6OS. The quantitative estimate of drug-likeness (QED) is 0.492. The van der Waals surface area contributed by atoms with Crippen LogP contribution in [0.1, 0.15) is 10.6 Å². The average Bonchev–Trinajstić information content (AvgIpc) is 3.50. The number of nitrogens with zero attached hydrogens (tertiary/aromatic N) is 6. The Bertz CT molecular complexity index is 1170. The number of anilines is 1. The molecule has 1 saturated heterocycles. The Morgan fingerprint density at radius 3 is 2.35 bits per heavy atom. The third kappa shape index (κ3) is 3.91. The molecule has 1 aromatic carbocycles. The van der Waals surface area contributed by atoms with E-state index in [9.17, 15) is 9.18 Å². The Labute approximate surface area is 182 Å². The van der Waals surface area contributed by atoms with E-state index in [1.165, 1.54) is 23.5 Å². The lowest BCUT2D eigenvalue weighted by molar-refractivity contribution is 0.0734. The van der Waals surface area contributed by atoms with Crippen molar-refractivity contribution < 1.29 is 9.18 Å². The summed E-state index contributed by atoms with van der Waals surface area (Å²) in [6, 6.07) is 13.8. The van der Waals surface area contributed by atoms with Gasteiger partial charge in [0.1, 0.15) is 5.82 Å². The van der Waals surface area contributed by atoms with E-state index < -0.39 is 0 Å². The number of aromatic nitrogens is 4. The fraction of sp³-hybridized carbons (Fsp3) is 0.182. The van der Waals surface area contributed by atoms with Crippen molar-refractivity contribution in [2.45, 2.75) is 0 Å². The summed E-state index contributed by atoms with van der Waals surface area (Å²) in [5.74, 6) is 0.184. The first-order chi connectivity index (χ1) is 15.2. The lowest BCUT2D eigenvalue weighted by Crippen LogP contribution is -2.49. The molecule has 0 radical (unpaired) electrons. The van der Waals surface area contributed by atoms with E-state index in [2.05, 4.69) is 20.0 Å². The lowest BCUT2D eigenvalue weighted by Gasteiger charge is -2.35. The van der Waals surface area contributed by atoms with Crippen molar-refractivity contribution >= 4 is 22.9 Å². The van der Waals surface area contributed by atoms with Crippen LogP contribution in [-0.4, -0.2) is 56.7 Å². The van der Waals surface area contributed by atoms with E-state index in [0.29, 0.717) is 24.6 Å². The molecule has 0 saturated carbocycles. The minimum Gasteiger partial charge on any atom is -0.368 e. The number of carbonyl (C=O) groups excluding carboxylic acids is 1. The number of rotatable bonds is 4. The largest absolute Gasteiger partial charge is 0.368 e. The van der Waals surface area contributed by atoms with Gasteiger partial charge in [0, 0.05) is 44.3 Å². The Kier molecular flexibility index (Phi) is 5.17. The van der Waals surface area contributed by atoms with Crippen LogP contribution in [0.5, 0.6) is 0 Å². The molecule has 3 aromatic heterocycles. The molecule has 0 aliphatic carbocycles. The predicted octanol–water partition coefficient (Wildman–Crippen LogP) is 3.49. The van der Waals surface area contributed by atoms with Crippen LogP contribution < -0.4 is 4.90 Å². The maximum absolute atomic E-state index is 13.4. The second-order valence-corrected chi connectivity index (χ2v) is 8.06. The average molecular weight is 435 g/mol. The normalized spacial score (nSPS) is 14.1. The zero-order chi connectivity index (χ0) is 21.2. The first-order valence-corrected chi connectivity index (χ1v) is 10.8. The fourth-order valence-electron chi connectivity index (χ4n) is 3.59. The van der Waals surface area contributed by atoms with Crippen molar-refractivity contribution in [1.82, 2.24) is 24.6 Å². The van der Waals surface area contributed by atoms with Crippen molar-refractivity contribution in [1.29, 1.82) is 0 Å². The van der Waals surface area contributed by atoms with Crippen LogP contribution in [0.4, 0.5) is 10.1 Å². The van der Waals surface area contributed by atoms with Crippen molar-refractivity contribution in [3.8, 4) is 16.4 Å². The molecule has 0 unspecified atom stereocenters. The van der Waals surface area contributed by atoms with Crippen molar-refractivity contribution in [2.75, 3.05) is 31.1 Å². The Morgan fingerprint density at radius 1 is 0.935 bits per heavy atom. The van der Waals surface area contributed by atoms with Gasteiger partial charge in [-0.25, -0.2) is 14.1 Å². The molecule has 0 N–H and O–H groups in total. The summed E-state index contributed by atoms with van der Waals surface area (Å²) in [4.78, 5) is 26.7. The second-order valence-electron chi connectivity index (χ2n) is 7.11. The number of hydrogen-bond donors (Lipinski definition) is 0. The minimum atomic E-state index is -0.329. The van der Waals surface area contributed by atoms with E-state index in [0.717, 1.165) is 23.7 Å². The van der Waals surface area contributed by atoms with E-state index in [1.54, 1.807) is 34.1 Å². The summed E-state index contributed by atoms with van der Waals surface area (Å²) in [5, 5.41) is 6.44. The number of piperazine rings is 1. The van der Waals surface area contributed by atoms with Crippen molar-refractivity contribution in [3.63, 3.8) is 0 Å². The smallest absolute Gasteiger partial charge is 0.293 e. The van der Waals surface area contributed by atoms with Crippen LogP contribution in [0.15, 0.2) is 66.3 Å². The second kappa shape index (κ2) is 8.27. The van der Waals surface area contributed by atoms with Gasteiger partial charge in [-0.2, -0.15) is 0 Å². The number of halogens is 1. The van der Waals surface area contributed by atoms with Gasteiger partial charge in [0.15, 0.2) is 5.82 Å². The standard InChI is InChI=1S/C22H19FN6OS/c23-16-3-5-18(6-4-16)29-21(19-2-1-15-31-19)25-20(26-29)22(30)28-13-11-27(12-14-28)17-7-9-24-10-8-17/h1-10,15H,11-14H2. The van der Waals surface area contributed by atoms with Crippen LogP contribution in [0.25, 0.3) is 16.4 Å². The highest BCUT2D eigenvalue weighted by atomic mass is 32.1. The maximum Gasteiger partial charge on any atom is 0.293 e. The Morgan fingerprint density at radius 2 is 1.68 bits per heavy atom. The van der Waals surface area contributed by atoms with Crippen LogP contribution in [-0.2, 0) is 0 Å². The molecule has 0 atom stereocenters. The summed E-state index contributed by atoms with van der Waals surface area (Å²) < 4.78 is 15.0. The third-order valence-corrected chi connectivity index (χ3v) is 6.07. The summed E-state index contributed by atoms with van der Waals surface area (Å²) in [6.45, 7) is 2.62. The molecule has 1 fully saturated rings. The van der Waals surface area contributed by atoms with Crippen LogP contribution >= 0.6 is 11.3 Å². The Hall–Kier alpha value is -3.59. The highest BCUT2D eigenvalue weighted by Gasteiger charge is 2.27. The lowest BCUT2D eigenvalue weighted by atomic mass is 10.2. The highest BCUT2D eigenvalue weighted by Crippen LogP contribution is 2.26. The molecule has 0 bridgehead atoms. The fourth-order valence-corrected chi connectivity index (χ4v) is 4.29. The van der Waals surface area contributed by atoms with E-state index in [1.807, 2.05) is 29.6 Å². The van der Waals surface area contributed by atoms with Crippen LogP contribution in [0.3, 0.4) is 0 Å². The summed E-state index contributed by atoms with van der Waals surface area (Å²) in [7, 11) is 0. The van der Waals surface area contributed by atoms with Crippen molar-refractivity contribution in [2.24, 2.45) is 0 Å². The molecule has 7 nitrogen and oxygen atoms in total. The van der Waals surface area contributed by atoms with Gasteiger partial charge in [-0.05, 0) is 47.8 Å². The van der Waals surface area contributed by atoms with Crippen molar-refractivity contribution in [3.05, 3.63) is 77.9 Å². The van der Waals surface area contributed by atoms with Crippen LogP contribution in [0, 0.1) is 5.82 Å². The third-order valence-electron chi connectivity index (χ3n) is 5.21. The van der Waals surface area contributed by atoms with E-state index in [4.69, 9.17) is 0 Å². The summed E-state index contributed by atoms with van der Waals surface area (Å²) in [5.41, 5.74) is 1.75. The summed E-state index contributed by atoms with van der Waals surface area (Å²) >= 11 is 1.51. The SMILES string of the molecule is O=C(c1nc(-c2cccs2)n(-c2ccc(F)cc2)n1)N1CCN(c2ccncc2)CC1. The first-order valence-electron chi connectivity index (χ1n) is 9.90. The number of hydrogen-bond acceptors (Lipinski definition) is 6. The number of carbonyl (C=O) groups is 1. The van der Waals surface area contributed by atoms with Gasteiger partial charge < -0.3 is 9.80 Å². The monoisotopic (exact) mass is 434 g/mol. The van der Waals surface area contributed by atoms with Gasteiger partial charge in [0.05, 0.1) is 10.6 Å². The van der Waals surface area contributed by atoms with Gasteiger partial charge in [0.25, 0.3) is 5.91 Å². The van der Waals surface area contributed by atoms with Gasteiger partial charge >= 0.3 is 0 Å². The molecule has 4 aromatic rings. The topological polar surface area (TPSA) is 67.2 Å². The molecule has 31 heavy (non-hydrogen) atoms. The number of benzene rings is 1. The molecule has 0 spiro atoms. The predicted molar refractivity (Wildman–Crippen MR) is 117 cm³/mol. The molecule has 4 heterocycles. The van der Waals surface area contributed by atoms with Gasteiger partial charge in [0.2, 0.25) is 5.82 Å². The molecule has 1 aliphatic rings. The number of pyridine rings is 1. The first kappa shape index (κ1) is 19.4. The van der Waals surface area contributed by atoms with Crippen LogP contribution in [0.2, 0.25) is 0 Å².